The number of anilines is 1. The van der Waals surface area contributed by atoms with Crippen LogP contribution in [-0.2, 0) is 16.6 Å². The maximum atomic E-state index is 11.4. The minimum atomic E-state index is -3.92. The number of aliphatic hydroxyl groups is 1. The Labute approximate surface area is 116 Å². The first-order valence-electron chi connectivity index (χ1n) is 5.71. The summed E-state index contributed by atoms with van der Waals surface area (Å²) in [5.74, 6) is 0.561. The summed E-state index contributed by atoms with van der Waals surface area (Å²) in [5, 5.41) is 14.3. The van der Waals surface area contributed by atoms with Gasteiger partial charge in [-0.05, 0) is 18.2 Å². The molecule has 0 atom stereocenters. The van der Waals surface area contributed by atoms with Gasteiger partial charge < -0.3 is 15.6 Å². The Morgan fingerprint density at radius 1 is 1.05 bits per heavy atom. The van der Waals surface area contributed by atoms with Gasteiger partial charge in [0.25, 0.3) is 0 Å². The van der Waals surface area contributed by atoms with Gasteiger partial charge in [-0.3, -0.25) is 0 Å². The Hall–Kier alpha value is -2.09. The molecular formula is C13H14N2O4S. The standard InChI is InChI=1S/C13H14N2O4S/c14-13-11(6-3-7-12(13)20(15,17)18)19-10-5-2-1-4-9(10)8-16/h1-7,16H,8,14H2,(H2,15,17,18). The highest BCUT2D eigenvalue weighted by Gasteiger charge is 2.16. The van der Waals surface area contributed by atoms with Crippen LogP contribution in [0.1, 0.15) is 5.56 Å². The molecule has 0 bridgehead atoms. The molecule has 6 nitrogen and oxygen atoms in total. The van der Waals surface area contributed by atoms with Gasteiger partial charge in [0.15, 0.2) is 5.75 Å². The summed E-state index contributed by atoms with van der Waals surface area (Å²) < 4.78 is 28.3. The van der Waals surface area contributed by atoms with Crippen molar-refractivity contribution in [1.82, 2.24) is 0 Å². The Bertz CT molecular complexity index is 729. The monoisotopic (exact) mass is 294 g/mol. The summed E-state index contributed by atoms with van der Waals surface area (Å²) in [7, 11) is -3.92. The predicted octanol–water partition coefficient (Wildman–Crippen LogP) is 1.20. The molecule has 0 saturated heterocycles. The fraction of sp³-hybridized carbons (Fsp3) is 0.0769. The summed E-state index contributed by atoms with van der Waals surface area (Å²) in [4.78, 5) is -0.198. The lowest BCUT2D eigenvalue weighted by atomic mass is 10.2. The topological polar surface area (TPSA) is 116 Å². The Morgan fingerprint density at radius 3 is 2.35 bits per heavy atom. The number of para-hydroxylation sites is 2. The quantitative estimate of drug-likeness (QED) is 0.733. The van der Waals surface area contributed by atoms with Crippen molar-refractivity contribution >= 4 is 15.7 Å². The molecular weight excluding hydrogens is 280 g/mol. The summed E-state index contributed by atoms with van der Waals surface area (Å²) in [6, 6.07) is 11.1. The van der Waals surface area contributed by atoms with Crippen molar-refractivity contribution < 1.29 is 18.3 Å². The van der Waals surface area contributed by atoms with Gasteiger partial charge in [-0.1, -0.05) is 24.3 Å². The molecule has 7 heteroatoms. The van der Waals surface area contributed by atoms with Gasteiger partial charge in [-0.2, -0.15) is 0 Å². The number of sulfonamides is 1. The second kappa shape index (κ2) is 5.49. The first-order chi connectivity index (χ1) is 9.43. The van der Waals surface area contributed by atoms with E-state index in [0.29, 0.717) is 11.3 Å². The highest BCUT2D eigenvalue weighted by molar-refractivity contribution is 7.89. The number of hydrogen-bond donors (Lipinski definition) is 3. The van der Waals surface area contributed by atoms with E-state index in [2.05, 4.69) is 0 Å². The molecule has 2 aromatic carbocycles. The molecule has 0 spiro atoms. The number of benzene rings is 2. The van der Waals surface area contributed by atoms with Crippen LogP contribution in [-0.4, -0.2) is 13.5 Å². The number of ether oxygens (including phenoxy) is 1. The van der Waals surface area contributed by atoms with E-state index in [1.165, 1.54) is 18.2 Å². The second-order valence-corrected chi connectivity index (χ2v) is 5.61. The van der Waals surface area contributed by atoms with E-state index >= 15 is 0 Å². The van der Waals surface area contributed by atoms with Gasteiger partial charge in [-0.15, -0.1) is 0 Å². The van der Waals surface area contributed by atoms with Crippen molar-refractivity contribution in [2.24, 2.45) is 5.14 Å². The Kier molecular flexibility index (Phi) is 3.93. The number of primary sulfonamides is 1. The van der Waals surface area contributed by atoms with Crippen LogP contribution in [0.2, 0.25) is 0 Å². The first-order valence-corrected chi connectivity index (χ1v) is 7.26. The van der Waals surface area contributed by atoms with Gasteiger partial charge in [0.2, 0.25) is 10.0 Å². The summed E-state index contributed by atoms with van der Waals surface area (Å²) in [5.41, 5.74) is 6.26. The number of rotatable bonds is 4. The van der Waals surface area contributed by atoms with Crippen LogP contribution in [0.25, 0.3) is 0 Å². The lowest BCUT2D eigenvalue weighted by Crippen LogP contribution is -2.14. The molecule has 2 rings (SSSR count). The van der Waals surface area contributed by atoms with Crippen molar-refractivity contribution in [2.75, 3.05) is 5.73 Å². The molecule has 20 heavy (non-hydrogen) atoms. The summed E-state index contributed by atoms with van der Waals surface area (Å²) in [6.45, 7) is -0.203. The van der Waals surface area contributed by atoms with Crippen LogP contribution in [0.5, 0.6) is 11.5 Å². The number of nitrogens with two attached hydrogens (primary N) is 2. The van der Waals surface area contributed by atoms with Crippen LogP contribution >= 0.6 is 0 Å². The zero-order chi connectivity index (χ0) is 14.8. The molecule has 2 aromatic rings. The van der Waals surface area contributed by atoms with Crippen molar-refractivity contribution in [3.05, 3.63) is 48.0 Å². The molecule has 0 aromatic heterocycles. The molecule has 0 heterocycles. The molecule has 0 saturated carbocycles. The zero-order valence-corrected chi connectivity index (χ0v) is 11.3. The van der Waals surface area contributed by atoms with Crippen LogP contribution in [0.4, 0.5) is 5.69 Å². The van der Waals surface area contributed by atoms with Gasteiger partial charge in [0.1, 0.15) is 10.6 Å². The third kappa shape index (κ3) is 2.90. The van der Waals surface area contributed by atoms with E-state index in [9.17, 15) is 13.5 Å². The summed E-state index contributed by atoms with van der Waals surface area (Å²) >= 11 is 0. The lowest BCUT2D eigenvalue weighted by Gasteiger charge is -2.13. The third-order valence-corrected chi connectivity index (χ3v) is 3.66. The van der Waals surface area contributed by atoms with E-state index in [0.717, 1.165) is 0 Å². The van der Waals surface area contributed by atoms with Crippen LogP contribution in [0, 0.1) is 0 Å². The normalized spacial score (nSPS) is 11.3. The maximum Gasteiger partial charge on any atom is 0.240 e. The fourth-order valence-corrected chi connectivity index (χ4v) is 2.39. The van der Waals surface area contributed by atoms with Gasteiger partial charge >= 0.3 is 0 Å². The van der Waals surface area contributed by atoms with Crippen LogP contribution in [0.15, 0.2) is 47.4 Å². The highest BCUT2D eigenvalue weighted by atomic mass is 32.2. The first kappa shape index (κ1) is 14.3. The highest BCUT2D eigenvalue weighted by Crippen LogP contribution is 2.33. The third-order valence-electron chi connectivity index (χ3n) is 2.70. The lowest BCUT2D eigenvalue weighted by molar-refractivity contribution is 0.276. The van der Waals surface area contributed by atoms with Crippen LogP contribution in [0.3, 0.4) is 0 Å². The SMILES string of the molecule is Nc1c(Oc2ccccc2CO)cccc1S(N)(=O)=O. The molecule has 0 radical (unpaired) electrons. The molecule has 0 aliphatic rings. The van der Waals surface area contributed by atoms with E-state index in [1.807, 2.05) is 0 Å². The average molecular weight is 294 g/mol. The zero-order valence-electron chi connectivity index (χ0n) is 10.5. The van der Waals surface area contributed by atoms with E-state index < -0.39 is 10.0 Å². The fourth-order valence-electron chi connectivity index (χ4n) is 1.71. The van der Waals surface area contributed by atoms with Crippen molar-refractivity contribution in [3.63, 3.8) is 0 Å². The average Bonchev–Trinajstić information content (AvgIpc) is 2.40. The number of aliphatic hydroxyl groups excluding tert-OH is 1. The van der Waals surface area contributed by atoms with Crippen molar-refractivity contribution in [2.45, 2.75) is 11.5 Å². The van der Waals surface area contributed by atoms with Crippen molar-refractivity contribution in [1.29, 1.82) is 0 Å². The van der Waals surface area contributed by atoms with Crippen molar-refractivity contribution in [3.8, 4) is 11.5 Å². The molecule has 5 N–H and O–H groups in total. The molecule has 0 unspecified atom stereocenters. The smallest absolute Gasteiger partial charge is 0.240 e. The molecule has 0 aliphatic carbocycles. The summed E-state index contributed by atoms with van der Waals surface area (Å²) in [6.07, 6.45) is 0. The molecule has 0 aliphatic heterocycles. The predicted molar refractivity (Wildman–Crippen MR) is 74.7 cm³/mol. The van der Waals surface area contributed by atoms with E-state index in [1.54, 1.807) is 24.3 Å². The number of hydrogen-bond acceptors (Lipinski definition) is 5. The molecule has 0 amide bonds. The molecule has 106 valence electrons. The number of nitrogen functional groups attached to an aromatic ring is 1. The Balaban J connectivity index is 2.45. The van der Waals surface area contributed by atoms with Crippen LogP contribution < -0.4 is 15.6 Å². The second-order valence-electron chi connectivity index (χ2n) is 4.08. The van der Waals surface area contributed by atoms with Gasteiger partial charge in [-0.25, -0.2) is 13.6 Å². The van der Waals surface area contributed by atoms with E-state index in [4.69, 9.17) is 15.6 Å². The Morgan fingerprint density at radius 2 is 1.70 bits per heavy atom. The minimum Gasteiger partial charge on any atom is -0.455 e. The minimum absolute atomic E-state index is 0.0669. The largest absolute Gasteiger partial charge is 0.455 e. The van der Waals surface area contributed by atoms with Gasteiger partial charge in [0.05, 0.1) is 12.3 Å². The molecule has 0 fully saturated rings. The maximum absolute atomic E-state index is 11.4. The van der Waals surface area contributed by atoms with Gasteiger partial charge in [0, 0.05) is 5.56 Å². The van der Waals surface area contributed by atoms with E-state index in [-0.39, 0.29) is 22.9 Å².